The Bertz CT molecular complexity index is 1320. The molecular weight excluding hydrogens is 532 g/mol. The first kappa shape index (κ1) is 25.2. The summed E-state index contributed by atoms with van der Waals surface area (Å²) in [7, 11) is 1.65. The minimum absolute atomic E-state index is 0.286. The van der Waals surface area contributed by atoms with E-state index in [1.54, 1.807) is 37.7 Å². The molecule has 1 amide bonds. The Labute approximate surface area is 217 Å². The first-order valence-electron chi connectivity index (χ1n) is 11.0. The van der Waals surface area contributed by atoms with E-state index < -0.39 is 11.7 Å². The molecule has 0 saturated carbocycles. The molecule has 0 fully saturated rings. The van der Waals surface area contributed by atoms with Crippen molar-refractivity contribution in [2.75, 3.05) is 12.0 Å². The Kier molecular flexibility index (Phi) is 7.44. The molecule has 0 aliphatic carbocycles. The van der Waals surface area contributed by atoms with Crippen molar-refractivity contribution in [3.63, 3.8) is 0 Å². The molecule has 182 valence electrons. The second-order valence-electron chi connectivity index (χ2n) is 9.05. The van der Waals surface area contributed by atoms with E-state index in [-0.39, 0.29) is 12.6 Å². The van der Waals surface area contributed by atoms with Gasteiger partial charge in [-0.25, -0.2) is 14.8 Å². The zero-order valence-corrected chi connectivity index (χ0v) is 22.2. The van der Waals surface area contributed by atoms with Gasteiger partial charge in [-0.2, -0.15) is 0 Å². The molecule has 1 atom stereocenters. The minimum Gasteiger partial charge on any atom is -0.443 e. The smallest absolute Gasteiger partial charge is 0.416 e. The van der Waals surface area contributed by atoms with Gasteiger partial charge < -0.3 is 14.5 Å². The highest BCUT2D eigenvalue weighted by molar-refractivity contribution is 9.10. The second-order valence-corrected chi connectivity index (χ2v) is 10.4. The number of carbonyl (C=O) groups excluding carboxylic acids is 1. The highest BCUT2D eigenvalue weighted by Gasteiger charge is 2.25. The van der Waals surface area contributed by atoms with Crippen molar-refractivity contribution in [2.45, 2.75) is 39.0 Å². The molecule has 0 saturated heterocycles. The van der Waals surface area contributed by atoms with E-state index in [2.05, 4.69) is 30.9 Å². The van der Waals surface area contributed by atoms with Crippen LogP contribution in [0, 0.1) is 0 Å². The number of pyridine rings is 2. The van der Waals surface area contributed by atoms with Crippen LogP contribution in [-0.2, 0) is 16.0 Å². The number of methoxy groups -OCH3 is 1. The number of carbonyl (C=O) groups is 1. The number of aromatic nitrogens is 3. The topological polar surface area (TPSA) is 80.3 Å². The summed E-state index contributed by atoms with van der Waals surface area (Å²) in [5.74, 6) is 0.469. The van der Waals surface area contributed by atoms with Crippen LogP contribution < -0.4 is 4.90 Å². The fourth-order valence-corrected chi connectivity index (χ4v) is 4.16. The summed E-state index contributed by atoms with van der Waals surface area (Å²) in [6.45, 7) is 5.78. The molecule has 3 aromatic heterocycles. The number of hydrogen-bond acceptors (Lipinski definition) is 5. The summed E-state index contributed by atoms with van der Waals surface area (Å²) in [5.41, 5.74) is 2.81. The zero-order valence-electron chi connectivity index (χ0n) is 19.9. The lowest BCUT2D eigenvalue weighted by molar-refractivity contribution is 0.0576. The molecule has 1 unspecified atom stereocenters. The maximum absolute atomic E-state index is 13.1. The molecule has 0 bridgehead atoms. The van der Waals surface area contributed by atoms with Crippen molar-refractivity contribution < 1.29 is 14.3 Å². The maximum atomic E-state index is 13.1. The molecule has 4 aromatic rings. The van der Waals surface area contributed by atoms with Crippen LogP contribution in [0.1, 0.15) is 43.6 Å². The summed E-state index contributed by atoms with van der Waals surface area (Å²) in [4.78, 5) is 26.8. The van der Waals surface area contributed by atoms with Crippen molar-refractivity contribution in [3.8, 4) is 0 Å². The molecule has 0 radical (unpaired) electrons. The number of nitrogens with zero attached hydrogens (tertiary/aromatic N) is 3. The van der Waals surface area contributed by atoms with Gasteiger partial charge in [0.05, 0.1) is 6.54 Å². The lowest BCUT2D eigenvalue weighted by Gasteiger charge is -2.27. The highest BCUT2D eigenvalue weighted by atomic mass is 79.9. The molecule has 4 rings (SSSR count). The SMILES string of the molecule is COC(c1ccc(N(Cc2ccc(Cl)cc2)C(=O)OC(C)(C)C)nc1)c1c[nH]c2ncc(Br)cc12. The number of fused-ring (bicyclic) bond motifs is 1. The molecule has 0 aliphatic rings. The van der Waals surface area contributed by atoms with Crippen molar-refractivity contribution in [1.82, 2.24) is 15.0 Å². The van der Waals surface area contributed by atoms with Gasteiger partial charge in [-0.15, -0.1) is 0 Å². The van der Waals surface area contributed by atoms with Gasteiger partial charge in [0, 0.05) is 51.7 Å². The average Bonchev–Trinajstić information content (AvgIpc) is 3.21. The Morgan fingerprint density at radius 3 is 2.51 bits per heavy atom. The van der Waals surface area contributed by atoms with Crippen molar-refractivity contribution in [3.05, 3.63) is 87.2 Å². The number of aromatic amines is 1. The van der Waals surface area contributed by atoms with Gasteiger partial charge in [-0.1, -0.05) is 29.8 Å². The molecule has 0 spiro atoms. The van der Waals surface area contributed by atoms with Gasteiger partial charge in [0.1, 0.15) is 23.2 Å². The van der Waals surface area contributed by atoms with E-state index in [4.69, 9.17) is 21.1 Å². The molecule has 0 aliphatic heterocycles. The van der Waals surface area contributed by atoms with Gasteiger partial charge in [-0.05, 0) is 66.5 Å². The van der Waals surface area contributed by atoms with Crippen LogP contribution in [0.25, 0.3) is 11.0 Å². The third-order valence-electron chi connectivity index (χ3n) is 5.27. The van der Waals surface area contributed by atoms with E-state index in [0.717, 1.165) is 32.2 Å². The summed E-state index contributed by atoms with van der Waals surface area (Å²) in [6.07, 6.45) is 4.50. The lowest BCUT2D eigenvalue weighted by atomic mass is 10.0. The van der Waals surface area contributed by atoms with Crippen LogP contribution in [0.3, 0.4) is 0 Å². The molecule has 9 heteroatoms. The molecule has 7 nitrogen and oxygen atoms in total. The van der Waals surface area contributed by atoms with E-state index in [0.29, 0.717) is 10.8 Å². The van der Waals surface area contributed by atoms with Crippen LogP contribution in [0.4, 0.5) is 10.6 Å². The fraction of sp³-hybridized carbons (Fsp3) is 0.269. The average molecular weight is 558 g/mol. The summed E-state index contributed by atoms with van der Waals surface area (Å²) in [6, 6.07) is 13.0. The van der Waals surface area contributed by atoms with E-state index in [1.807, 2.05) is 51.2 Å². The third-order valence-corrected chi connectivity index (χ3v) is 5.95. The maximum Gasteiger partial charge on any atom is 0.416 e. The number of halogens is 2. The number of H-pyrrole nitrogens is 1. The minimum atomic E-state index is -0.645. The van der Waals surface area contributed by atoms with E-state index in [1.165, 1.54) is 4.90 Å². The summed E-state index contributed by atoms with van der Waals surface area (Å²) >= 11 is 9.51. The van der Waals surface area contributed by atoms with Crippen LogP contribution in [0.5, 0.6) is 0 Å². The number of hydrogen-bond donors (Lipinski definition) is 1. The van der Waals surface area contributed by atoms with E-state index >= 15 is 0 Å². The first-order valence-corrected chi connectivity index (χ1v) is 12.2. The third kappa shape index (κ3) is 6.01. The fourth-order valence-electron chi connectivity index (χ4n) is 3.70. The molecular formula is C26H26BrClN4O3. The lowest BCUT2D eigenvalue weighted by Crippen LogP contribution is -2.37. The monoisotopic (exact) mass is 556 g/mol. The van der Waals surface area contributed by atoms with Gasteiger partial charge in [0.25, 0.3) is 0 Å². The van der Waals surface area contributed by atoms with Crippen molar-refractivity contribution in [2.24, 2.45) is 0 Å². The number of anilines is 1. The number of nitrogens with one attached hydrogen (secondary N) is 1. The molecule has 1 aromatic carbocycles. The molecule has 3 heterocycles. The number of rotatable bonds is 6. The zero-order chi connectivity index (χ0) is 25.2. The van der Waals surface area contributed by atoms with Crippen molar-refractivity contribution >= 4 is 50.5 Å². The Balaban J connectivity index is 1.65. The Morgan fingerprint density at radius 1 is 1.14 bits per heavy atom. The second kappa shape index (κ2) is 10.4. The Hall–Kier alpha value is -2.94. The van der Waals surface area contributed by atoms with Gasteiger partial charge in [-0.3, -0.25) is 4.90 Å². The highest BCUT2D eigenvalue weighted by Crippen LogP contribution is 2.32. The van der Waals surface area contributed by atoms with Gasteiger partial charge in [0.15, 0.2) is 0 Å². The first-order chi connectivity index (χ1) is 16.6. The van der Waals surface area contributed by atoms with Crippen molar-refractivity contribution in [1.29, 1.82) is 0 Å². The Morgan fingerprint density at radius 2 is 1.89 bits per heavy atom. The predicted molar refractivity (Wildman–Crippen MR) is 141 cm³/mol. The molecule has 35 heavy (non-hydrogen) atoms. The number of benzene rings is 1. The summed E-state index contributed by atoms with van der Waals surface area (Å²) < 4.78 is 12.4. The quantitative estimate of drug-likeness (QED) is 0.275. The largest absolute Gasteiger partial charge is 0.443 e. The van der Waals surface area contributed by atoms with Crippen LogP contribution in [0.15, 0.2) is 65.5 Å². The predicted octanol–water partition coefficient (Wildman–Crippen LogP) is 7.05. The van der Waals surface area contributed by atoms with Crippen LogP contribution in [0.2, 0.25) is 5.02 Å². The summed E-state index contributed by atoms with van der Waals surface area (Å²) in [5, 5.41) is 1.58. The molecule has 1 N–H and O–H groups in total. The number of amides is 1. The van der Waals surface area contributed by atoms with Crippen LogP contribution in [-0.4, -0.2) is 33.8 Å². The van der Waals surface area contributed by atoms with Gasteiger partial charge >= 0.3 is 6.09 Å². The number of ether oxygens (including phenoxy) is 2. The van der Waals surface area contributed by atoms with E-state index in [9.17, 15) is 4.79 Å². The normalized spacial score (nSPS) is 12.5. The standard InChI is InChI=1S/C26H26BrClN4O3/c1-26(2,3)35-25(33)32(15-16-5-8-19(28)9-6-16)22-10-7-17(12-29-22)23(34-4)21-14-31-24-20(21)11-18(27)13-30-24/h5-14,23H,15H2,1-4H3,(H,30,31). The van der Waals surface area contributed by atoms with Crippen LogP contribution >= 0.6 is 27.5 Å². The van der Waals surface area contributed by atoms with Gasteiger partial charge in [0.2, 0.25) is 0 Å².